The van der Waals surface area contributed by atoms with E-state index >= 15 is 0 Å². The molecule has 92 heavy (non-hydrogen) atoms. The number of H-pyrrole nitrogens is 10. The predicted molar refractivity (Wildman–Crippen MR) is 333 cm³/mol. The van der Waals surface area contributed by atoms with Gasteiger partial charge >= 0.3 is 22.8 Å². The van der Waals surface area contributed by atoms with E-state index in [1.807, 2.05) is 0 Å². The summed E-state index contributed by atoms with van der Waals surface area (Å²) in [5.41, 5.74) is 19.1. The first-order chi connectivity index (χ1) is 43.9. The van der Waals surface area contributed by atoms with Gasteiger partial charge in [0.25, 0.3) is 28.1 Å². The maximum Gasteiger partial charge on any atom is 0.332 e. The van der Waals surface area contributed by atoms with E-state index in [0.717, 1.165) is 15.8 Å². The Morgan fingerprint density at radius 3 is 1.97 bits per heavy atom. The van der Waals surface area contributed by atoms with Crippen LogP contribution in [0, 0.1) is 0 Å². The van der Waals surface area contributed by atoms with Gasteiger partial charge in [-0.05, 0) is 6.07 Å². The van der Waals surface area contributed by atoms with Crippen molar-refractivity contribution in [3.05, 3.63) is 170 Å². The summed E-state index contributed by atoms with van der Waals surface area (Å²) in [5.74, 6) is 2.21. The minimum absolute atomic E-state index is 0.0783. The fourth-order valence-corrected chi connectivity index (χ4v) is 8.44. The number of nitrogens with zero attached hydrogens (tertiary/aromatic N) is 16. The number of ketones is 1. The molecule has 0 saturated heterocycles. The van der Waals surface area contributed by atoms with Gasteiger partial charge in [0.2, 0.25) is 5.95 Å². The highest BCUT2D eigenvalue weighted by atomic mass is 16.2. The van der Waals surface area contributed by atoms with E-state index in [1.54, 1.807) is 74.8 Å². The first-order valence-electron chi connectivity index (χ1n) is 26.2. The van der Waals surface area contributed by atoms with Gasteiger partial charge in [-0.2, -0.15) is 4.98 Å². The predicted octanol–water partition coefficient (Wildman–Crippen LogP) is -4.66. The Morgan fingerprint density at radius 1 is 0.587 bits per heavy atom. The van der Waals surface area contributed by atoms with Crippen LogP contribution in [0.2, 0.25) is 0 Å². The van der Waals surface area contributed by atoms with Crippen LogP contribution in [0.15, 0.2) is 128 Å². The van der Waals surface area contributed by atoms with Crippen molar-refractivity contribution >= 4 is 109 Å². The standard InChI is InChI=1S/C8H10N4O2.C7H8N4O2.C6H7N5.C6H6N4O2.C6H6N4.C6H7N3O.C5H5N5O.C5H4N4O2/c1-10-4-9-6-5(10)7(13)12(3)8(14)11(6)2;1-10-3-8-5-4(10)6(12)9-7(13)11(5)2;1-3-10-5(7)4-6(11-3)9-2-8-4;1-2-7-4-3(5(11)8-2)9-6(12)10-4;7-4-1-2-8-6-5(4)9-3-10-6;10-4-1-2-7-6-5(4)8-3-9-6;6-5-9-3-2(4(11)10-5)7-1-8-3;10-4-2-3(7-1-6-2)8-5(11)9-4/h4H,1-3H3;3H,1-2H3,(H,9,12,13);2,11H,1H2,(H2,7,10)(H,8,9);7H,1H2,(H,8,11)(H2,9,10,12);1-3H,(H3,7,8,9,10);2-3,5-6H,1H2,(H,8,9);1H,(H4,6,7,8,9,10,11);1H,(H3,6,7,8,9,10,11). The van der Waals surface area contributed by atoms with Crippen molar-refractivity contribution in [3.63, 3.8) is 0 Å². The SMILES string of the molecule is C=C1N=C(N)c2[nH]cnc2N1.C=C1NC(=O)c2[nH]c(=O)[nH]c2N1.Cn1c(=O)c2c(ncn2C)n(C)c1=O.Cn1cnc2c1c(=O)[nH]c(=O)n2C.Nc1ccnc2nc[nH]c12.Nc1nc2nc[nH]c2c(=O)[nH]1.O=C1CC=NC2N=CNC12.O=c1[nH]c(=O)c2[nH]cnc2[nH]1. The second-order valence-corrected chi connectivity index (χ2v) is 19.1. The number of rotatable bonds is 0. The van der Waals surface area contributed by atoms with Crippen molar-refractivity contribution in [3.8, 4) is 0 Å². The number of aromatic amines is 10. The molecule has 0 aromatic carbocycles. The fourth-order valence-electron chi connectivity index (χ4n) is 8.44. The highest BCUT2D eigenvalue weighted by Crippen LogP contribution is 2.17. The zero-order valence-electron chi connectivity index (χ0n) is 48.5. The quantitative estimate of drug-likeness (QED) is 0.0679. The van der Waals surface area contributed by atoms with Crippen molar-refractivity contribution in [2.24, 2.45) is 55.9 Å². The number of aromatic nitrogens is 23. The van der Waals surface area contributed by atoms with E-state index < -0.39 is 28.2 Å². The molecular formula is C49H53N33O10. The summed E-state index contributed by atoms with van der Waals surface area (Å²) in [7, 11) is 8.04. The van der Waals surface area contributed by atoms with E-state index in [0.29, 0.717) is 80.4 Å². The number of imidazole rings is 7. The summed E-state index contributed by atoms with van der Waals surface area (Å²) in [6.07, 6.45) is 14.0. The number of anilines is 4. The number of fused-ring (bicyclic) bond motifs is 8. The molecule has 2 atom stereocenters. The maximum atomic E-state index is 11.7. The van der Waals surface area contributed by atoms with Crippen LogP contribution < -0.4 is 83.5 Å². The Labute approximate surface area is 507 Å². The molecule has 43 heteroatoms. The number of nitrogen functional groups attached to an aromatic ring is 2. The summed E-state index contributed by atoms with van der Waals surface area (Å²) in [4.78, 5) is 179. The molecule has 16 heterocycles. The van der Waals surface area contributed by atoms with Gasteiger partial charge in [0, 0.05) is 54.1 Å². The van der Waals surface area contributed by atoms with Gasteiger partial charge < -0.3 is 67.5 Å². The Kier molecular flexibility index (Phi) is 17.9. The molecule has 0 spiro atoms. The monoisotopic (exact) mass is 1260 g/mol. The summed E-state index contributed by atoms with van der Waals surface area (Å²) in [5, 5.41) is 10.8. The molecule has 16 rings (SSSR count). The number of nitrogens with two attached hydrogens (primary N) is 3. The van der Waals surface area contributed by atoms with Crippen LogP contribution in [0.4, 0.5) is 23.3 Å². The smallest absolute Gasteiger partial charge is 0.332 e. The topological polar surface area (TPSA) is 620 Å². The highest BCUT2D eigenvalue weighted by molar-refractivity contribution is 6.02. The number of hydrogen-bond acceptors (Lipinski definition) is 27. The first kappa shape index (κ1) is 62.6. The molecular weight excluding hydrogens is 1210 g/mol. The van der Waals surface area contributed by atoms with Gasteiger partial charge in [-0.25, -0.2) is 64.1 Å². The molecule has 0 aliphatic carbocycles. The van der Waals surface area contributed by atoms with Crippen LogP contribution in [0.1, 0.15) is 22.6 Å². The number of amides is 1. The fraction of sp³-hybridized carbons (Fsp3) is 0.163. The summed E-state index contributed by atoms with van der Waals surface area (Å²) < 4.78 is 6.92. The summed E-state index contributed by atoms with van der Waals surface area (Å²) in [6, 6.07) is 1.56. The lowest BCUT2D eigenvalue weighted by atomic mass is 10.1. The lowest BCUT2D eigenvalue weighted by Crippen LogP contribution is -2.41. The van der Waals surface area contributed by atoms with Crippen LogP contribution in [-0.4, -0.2) is 155 Å². The highest BCUT2D eigenvalue weighted by Gasteiger charge is 2.31. The number of carbonyl (C=O) groups is 2. The summed E-state index contributed by atoms with van der Waals surface area (Å²) in [6.45, 7) is 7.10. The Balaban J connectivity index is 0.000000124. The minimum Gasteiger partial charge on any atom is -0.397 e. The van der Waals surface area contributed by atoms with E-state index in [-0.39, 0.29) is 63.5 Å². The van der Waals surface area contributed by atoms with Crippen LogP contribution in [-0.2, 0) is 40.0 Å². The molecule has 0 fully saturated rings. The third-order valence-corrected chi connectivity index (χ3v) is 12.9. The molecule has 1 amide bonds. The van der Waals surface area contributed by atoms with Gasteiger partial charge in [0.05, 0.1) is 50.0 Å². The van der Waals surface area contributed by atoms with E-state index in [1.165, 1.54) is 41.5 Å². The normalized spacial score (nSPS) is 14.6. The van der Waals surface area contributed by atoms with E-state index in [4.69, 9.17) is 17.2 Å². The van der Waals surface area contributed by atoms with E-state index in [2.05, 4.69) is 139 Å². The number of aryl methyl sites for hydroxylation is 4. The van der Waals surface area contributed by atoms with Gasteiger partial charge in [-0.1, -0.05) is 13.2 Å². The zero-order chi connectivity index (χ0) is 66.2. The molecule has 20 N–H and O–H groups in total. The van der Waals surface area contributed by atoms with Crippen molar-refractivity contribution in [2.75, 3.05) is 22.1 Å². The number of carbonyl (C=O) groups excluding carboxylic acids is 2. The molecule has 43 nitrogen and oxygen atoms in total. The minimum atomic E-state index is -0.547. The van der Waals surface area contributed by atoms with Gasteiger partial charge in [0.1, 0.15) is 45.9 Å². The first-order valence-corrected chi connectivity index (χ1v) is 26.2. The Bertz CT molecular complexity index is 5420. The number of amidine groups is 1. The number of nitrogens with one attached hydrogen (secondary N) is 14. The molecule has 0 bridgehead atoms. The number of Topliss-reactive ketones (excluding diaryl/α,β-unsaturated/α-hetero) is 1. The molecule has 0 saturated carbocycles. The molecule has 12 aromatic rings. The van der Waals surface area contributed by atoms with Gasteiger partial charge in [-0.15, -0.1) is 0 Å². The number of aliphatic imine (C=N–C) groups is 3. The number of hydrogen-bond donors (Lipinski definition) is 17. The summed E-state index contributed by atoms with van der Waals surface area (Å²) >= 11 is 0. The maximum absolute atomic E-state index is 11.7. The molecule has 4 aliphatic heterocycles. The Morgan fingerprint density at radius 2 is 1.24 bits per heavy atom. The Hall–Kier alpha value is -13.9. The third kappa shape index (κ3) is 13.5. The van der Waals surface area contributed by atoms with Crippen LogP contribution >= 0.6 is 0 Å². The molecule has 12 aromatic heterocycles. The average Bonchev–Trinajstić information content (AvgIpc) is 1.71. The van der Waals surface area contributed by atoms with Crippen molar-refractivity contribution in [1.29, 1.82) is 0 Å². The molecule has 4 aliphatic rings. The zero-order valence-corrected chi connectivity index (χ0v) is 48.5. The van der Waals surface area contributed by atoms with Crippen LogP contribution in [0.5, 0.6) is 0 Å². The van der Waals surface area contributed by atoms with Crippen molar-refractivity contribution < 1.29 is 9.59 Å². The average molecular weight is 1260 g/mol. The van der Waals surface area contributed by atoms with E-state index in [9.17, 15) is 47.9 Å². The lowest BCUT2D eigenvalue weighted by Gasteiger charge is -2.15. The largest absolute Gasteiger partial charge is 0.397 e. The van der Waals surface area contributed by atoms with Crippen LogP contribution in [0.25, 0.3) is 55.8 Å². The molecule has 474 valence electrons. The second kappa shape index (κ2) is 26.4. The molecule has 0 radical (unpaired) electrons. The van der Waals surface area contributed by atoms with Crippen LogP contribution in [0.3, 0.4) is 0 Å². The van der Waals surface area contributed by atoms with Crippen molar-refractivity contribution in [2.45, 2.75) is 18.6 Å². The van der Waals surface area contributed by atoms with Gasteiger partial charge in [0.15, 0.2) is 68.4 Å². The molecule has 2 unspecified atom stereocenters. The van der Waals surface area contributed by atoms with Gasteiger partial charge in [-0.3, -0.25) is 77.4 Å². The van der Waals surface area contributed by atoms with Crippen molar-refractivity contribution in [1.82, 2.24) is 123 Å². The third-order valence-electron chi connectivity index (χ3n) is 12.9. The number of pyridine rings is 1. The lowest BCUT2D eigenvalue weighted by molar-refractivity contribution is -0.120. The second-order valence-electron chi connectivity index (χ2n) is 19.1.